The number of aliphatic carboxylic acids is 1. The molecule has 2 aliphatic rings. The third kappa shape index (κ3) is 5.42. The minimum absolute atomic E-state index is 0. The van der Waals surface area contributed by atoms with E-state index in [1.807, 2.05) is 6.92 Å². The Labute approximate surface area is 160 Å². The molecule has 0 radical (unpaired) electrons. The summed E-state index contributed by atoms with van der Waals surface area (Å²) in [6.07, 6.45) is 5.87. The standard InChI is InChI=1S/C19H32N2O5.H2O/c1-4-8-14(19(25)26-5-2)20-12(3)17(22)21-15-10-7-6-9-13(15)11-16(21)18(23)24;/h12-16,20H,4-11H2,1-3H3,(H,23,24);1H2/t12-,13-,14-,15-,16-;/m0./s1. The maximum atomic E-state index is 13.1. The number of hydrogen-bond acceptors (Lipinski definition) is 5. The van der Waals surface area contributed by atoms with Gasteiger partial charge in [0.2, 0.25) is 5.91 Å². The second-order valence-corrected chi connectivity index (χ2v) is 7.43. The van der Waals surface area contributed by atoms with Crippen molar-refractivity contribution in [2.75, 3.05) is 6.61 Å². The van der Waals surface area contributed by atoms with Crippen LogP contribution in [0.25, 0.3) is 0 Å². The van der Waals surface area contributed by atoms with Crippen LogP contribution in [0.2, 0.25) is 0 Å². The van der Waals surface area contributed by atoms with E-state index in [4.69, 9.17) is 4.74 Å². The van der Waals surface area contributed by atoms with Crippen LogP contribution in [0.1, 0.15) is 65.7 Å². The molecule has 0 aromatic carbocycles. The molecule has 2 fully saturated rings. The van der Waals surface area contributed by atoms with Gasteiger partial charge >= 0.3 is 11.9 Å². The van der Waals surface area contributed by atoms with Gasteiger partial charge in [0.1, 0.15) is 12.1 Å². The Morgan fingerprint density at radius 1 is 1.22 bits per heavy atom. The highest BCUT2D eigenvalue weighted by Gasteiger charge is 2.48. The van der Waals surface area contributed by atoms with E-state index < -0.39 is 24.1 Å². The third-order valence-electron chi connectivity index (χ3n) is 5.60. The summed E-state index contributed by atoms with van der Waals surface area (Å²) in [4.78, 5) is 38.5. The number of likely N-dealkylation sites (tertiary alicyclic amines) is 1. The molecule has 156 valence electrons. The number of ether oxygens (including phenoxy) is 1. The summed E-state index contributed by atoms with van der Waals surface area (Å²) in [5.41, 5.74) is 0. The number of amides is 1. The largest absolute Gasteiger partial charge is 0.480 e. The second kappa shape index (κ2) is 10.6. The Balaban J connectivity index is 0.00000364. The minimum Gasteiger partial charge on any atom is -0.480 e. The number of hydrogen-bond donors (Lipinski definition) is 2. The average molecular weight is 386 g/mol. The van der Waals surface area contributed by atoms with Gasteiger partial charge in [-0.3, -0.25) is 14.9 Å². The molecule has 2 rings (SSSR count). The number of carboxylic acid groups (broad SMARTS) is 1. The number of carbonyl (C=O) groups excluding carboxylic acids is 2. The van der Waals surface area contributed by atoms with Crippen molar-refractivity contribution >= 4 is 17.8 Å². The summed E-state index contributed by atoms with van der Waals surface area (Å²) < 4.78 is 5.09. The predicted molar refractivity (Wildman–Crippen MR) is 100 cm³/mol. The third-order valence-corrected chi connectivity index (χ3v) is 5.60. The first-order chi connectivity index (χ1) is 12.4. The SMILES string of the molecule is CCC[C@H](N[C@@H](C)C(=O)N1[C@H](C(=O)O)C[C@@H]2CCCC[C@@H]21)C(=O)OCC.O. The molecule has 1 aliphatic heterocycles. The van der Waals surface area contributed by atoms with Crippen molar-refractivity contribution < 1.29 is 29.7 Å². The van der Waals surface area contributed by atoms with E-state index >= 15 is 0 Å². The van der Waals surface area contributed by atoms with E-state index in [2.05, 4.69) is 5.32 Å². The quantitative estimate of drug-likeness (QED) is 0.602. The van der Waals surface area contributed by atoms with Gasteiger partial charge < -0.3 is 20.2 Å². The fraction of sp³-hybridized carbons (Fsp3) is 0.842. The van der Waals surface area contributed by atoms with Crippen molar-refractivity contribution in [3.05, 3.63) is 0 Å². The van der Waals surface area contributed by atoms with Gasteiger partial charge in [-0.25, -0.2) is 4.79 Å². The molecule has 1 saturated heterocycles. The van der Waals surface area contributed by atoms with Gasteiger partial charge in [0, 0.05) is 6.04 Å². The highest BCUT2D eigenvalue weighted by atomic mass is 16.5. The van der Waals surface area contributed by atoms with Crippen molar-refractivity contribution in [1.29, 1.82) is 0 Å². The Bertz CT molecular complexity index is 526. The first kappa shape index (κ1) is 23.4. The first-order valence-electron chi connectivity index (χ1n) is 9.88. The van der Waals surface area contributed by atoms with Crippen LogP contribution in [0.3, 0.4) is 0 Å². The molecule has 0 aromatic heterocycles. The topological polar surface area (TPSA) is 127 Å². The van der Waals surface area contributed by atoms with Crippen LogP contribution >= 0.6 is 0 Å². The maximum absolute atomic E-state index is 13.1. The lowest BCUT2D eigenvalue weighted by atomic mass is 9.84. The average Bonchev–Trinajstić information content (AvgIpc) is 3.00. The molecule has 8 nitrogen and oxygen atoms in total. The van der Waals surface area contributed by atoms with E-state index in [0.717, 1.165) is 32.1 Å². The Hall–Kier alpha value is -1.67. The van der Waals surface area contributed by atoms with E-state index in [0.29, 0.717) is 19.4 Å². The van der Waals surface area contributed by atoms with Crippen LogP contribution in [-0.4, -0.2) is 64.1 Å². The van der Waals surface area contributed by atoms with Gasteiger partial charge in [-0.2, -0.15) is 0 Å². The van der Waals surface area contributed by atoms with Crippen molar-refractivity contribution in [2.45, 2.75) is 89.9 Å². The molecule has 1 amide bonds. The van der Waals surface area contributed by atoms with Crippen LogP contribution in [-0.2, 0) is 19.1 Å². The Morgan fingerprint density at radius 3 is 2.48 bits per heavy atom. The molecule has 1 saturated carbocycles. The van der Waals surface area contributed by atoms with Crippen LogP contribution < -0.4 is 5.32 Å². The normalized spacial score (nSPS) is 26.5. The number of nitrogens with one attached hydrogen (secondary N) is 1. The van der Waals surface area contributed by atoms with Gasteiger partial charge in [-0.05, 0) is 45.4 Å². The van der Waals surface area contributed by atoms with Gasteiger partial charge in [0.15, 0.2) is 0 Å². The molecule has 0 unspecified atom stereocenters. The number of rotatable bonds is 8. The van der Waals surface area contributed by atoms with E-state index in [1.54, 1.807) is 18.7 Å². The lowest BCUT2D eigenvalue weighted by Crippen LogP contribution is -2.55. The molecule has 1 heterocycles. The smallest absolute Gasteiger partial charge is 0.326 e. The molecule has 8 heteroatoms. The summed E-state index contributed by atoms with van der Waals surface area (Å²) in [6, 6.07) is -1.92. The molecule has 0 bridgehead atoms. The Kier molecular flexibility index (Phi) is 9.18. The van der Waals surface area contributed by atoms with Crippen LogP contribution in [0.5, 0.6) is 0 Å². The molecular weight excluding hydrogens is 352 g/mol. The van der Waals surface area contributed by atoms with Crippen molar-refractivity contribution in [3.63, 3.8) is 0 Å². The van der Waals surface area contributed by atoms with E-state index in [9.17, 15) is 19.5 Å². The van der Waals surface area contributed by atoms with Crippen LogP contribution in [0.4, 0.5) is 0 Å². The van der Waals surface area contributed by atoms with Crippen molar-refractivity contribution in [2.24, 2.45) is 5.92 Å². The fourth-order valence-electron chi connectivity index (χ4n) is 4.39. The molecule has 5 atom stereocenters. The Morgan fingerprint density at radius 2 is 1.89 bits per heavy atom. The summed E-state index contributed by atoms with van der Waals surface area (Å²) in [7, 11) is 0. The molecule has 0 aromatic rings. The van der Waals surface area contributed by atoms with Gasteiger partial charge in [-0.1, -0.05) is 26.2 Å². The lowest BCUT2D eigenvalue weighted by molar-refractivity contribution is -0.152. The predicted octanol–water partition coefficient (Wildman–Crippen LogP) is 1.12. The number of carbonyl (C=O) groups is 3. The molecule has 4 N–H and O–H groups in total. The number of esters is 1. The highest BCUT2D eigenvalue weighted by Crippen LogP contribution is 2.40. The first-order valence-corrected chi connectivity index (χ1v) is 9.88. The summed E-state index contributed by atoms with van der Waals surface area (Å²) in [5, 5.41) is 12.7. The molecule has 27 heavy (non-hydrogen) atoms. The molecular formula is C19H34N2O6. The highest BCUT2D eigenvalue weighted by molar-refractivity contribution is 5.88. The van der Waals surface area contributed by atoms with Crippen LogP contribution in [0, 0.1) is 5.92 Å². The lowest BCUT2D eigenvalue weighted by Gasteiger charge is -2.35. The summed E-state index contributed by atoms with van der Waals surface area (Å²) >= 11 is 0. The second-order valence-electron chi connectivity index (χ2n) is 7.43. The summed E-state index contributed by atoms with van der Waals surface area (Å²) in [5.74, 6) is -1.24. The fourth-order valence-corrected chi connectivity index (χ4v) is 4.39. The zero-order valence-electron chi connectivity index (χ0n) is 16.6. The molecule has 1 aliphatic carbocycles. The minimum atomic E-state index is -0.935. The van der Waals surface area contributed by atoms with E-state index in [1.165, 1.54) is 0 Å². The zero-order valence-corrected chi connectivity index (χ0v) is 16.6. The van der Waals surface area contributed by atoms with Gasteiger partial charge in [-0.15, -0.1) is 0 Å². The van der Waals surface area contributed by atoms with Gasteiger partial charge in [0.25, 0.3) is 0 Å². The van der Waals surface area contributed by atoms with Crippen molar-refractivity contribution in [1.82, 2.24) is 10.2 Å². The number of nitrogens with zero attached hydrogens (tertiary/aromatic N) is 1. The van der Waals surface area contributed by atoms with Crippen molar-refractivity contribution in [3.8, 4) is 0 Å². The number of carboxylic acids is 1. The maximum Gasteiger partial charge on any atom is 0.326 e. The number of fused-ring (bicyclic) bond motifs is 1. The van der Waals surface area contributed by atoms with Gasteiger partial charge in [0.05, 0.1) is 12.6 Å². The zero-order chi connectivity index (χ0) is 19.3. The van der Waals surface area contributed by atoms with Crippen LogP contribution in [0.15, 0.2) is 0 Å². The molecule has 0 spiro atoms. The monoisotopic (exact) mass is 386 g/mol. The van der Waals surface area contributed by atoms with E-state index in [-0.39, 0.29) is 29.3 Å². The summed E-state index contributed by atoms with van der Waals surface area (Å²) in [6.45, 7) is 5.72.